The monoisotopic (exact) mass is 458 g/mol. The van der Waals surface area contributed by atoms with Gasteiger partial charge in [0.1, 0.15) is 0 Å². The van der Waals surface area contributed by atoms with Gasteiger partial charge in [0.05, 0.1) is 26.4 Å². The second kappa shape index (κ2) is 14.9. The van der Waals surface area contributed by atoms with Gasteiger partial charge in [0.15, 0.2) is 0 Å². The maximum Gasteiger partial charge on any atom is 2.00 e. The minimum Gasteiger partial charge on any atom is -0.377 e. The molecule has 1 saturated heterocycles. The molecular weight excluding hydrogens is 431 g/mol. The topological polar surface area (TPSA) is 18.5 Å². The minimum absolute atomic E-state index is 0. The average Bonchev–Trinajstić information content (AvgIpc) is 3.55. The third-order valence-corrected chi connectivity index (χ3v) is 6.68. The molecule has 1 heterocycles. The summed E-state index contributed by atoms with van der Waals surface area (Å²) in [6.07, 6.45) is 0. The van der Waals surface area contributed by atoms with E-state index in [0.717, 1.165) is 26.4 Å². The molecule has 0 unspecified atom stereocenters. The zero-order valence-corrected chi connectivity index (χ0v) is 18.9. The van der Waals surface area contributed by atoms with Gasteiger partial charge >= 0.3 is 17.1 Å². The quantitative estimate of drug-likeness (QED) is 0.254. The Hall–Kier alpha value is -1.99. The van der Waals surface area contributed by atoms with E-state index in [1.807, 2.05) is 30.3 Å². The summed E-state index contributed by atoms with van der Waals surface area (Å²) in [5, 5.41) is 4.23. The van der Waals surface area contributed by atoms with Crippen LogP contribution in [0.1, 0.15) is 0 Å². The molecule has 4 heteroatoms. The minimum atomic E-state index is -0.409. The molecule has 0 aliphatic carbocycles. The molecule has 1 aliphatic rings. The van der Waals surface area contributed by atoms with E-state index in [1.165, 1.54) is 15.9 Å². The van der Waals surface area contributed by atoms with Gasteiger partial charge in [0.2, 0.25) is 0 Å². The third kappa shape index (κ3) is 8.40. The van der Waals surface area contributed by atoms with E-state index < -0.39 is 7.92 Å². The van der Waals surface area contributed by atoms with Gasteiger partial charge in [-0.25, -0.2) is 24.3 Å². The first-order valence-electron chi connectivity index (χ1n) is 9.89. The maximum absolute atomic E-state index is 4.94. The molecule has 5 rings (SSSR count). The number of hydrogen-bond donors (Lipinski definition) is 0. The Balaban J connectivity index is 0.000000219. The zero-order chi connectivity index (χ0) is 20.0. The largest absolute Gasteiger partial charge is 2.00 e. The van der Waals surface area contributed by atoms with Crippen LogP contribution in [0.4, 0.5) is 0 Å². The van der Waals surface area contributed by atoms with Crippen molar-refractivity contribution in [3.05, 3.63) is 115 Å². The average molecular weight is 458 g/mol. The van der Waals surface area contributed by atoms with E-state index in [-0.39, 0.29) is 17.1 Å². The van der Waals surface area contributed by atoms with Crippen molar-refractivity contribution in [3.8, 4) is 0 Å². The first kappa shape index (κ1) is 24.3. The molecule has 0 atom stereocenters. The van der Waals surface area contributed by atoms with E-state index in [4.69, 9.17) is 9.47 Å². The van der Waals surface area contributed by atoms with Crippen LogP contribution in [0.3, 0.4) is 0 Å². The standard InChI is InChI=1S/C17H14P.C5H5.C4H8O2.Fe/c1-3-9-15(10-4-1)18(17-13-7-8-14-17)16-11-5-2-6-12-16;1-2-4-5-3-1;1-2-6-4-3-5-1;/h1-14H;1-5H;1-4H2;/q2*-1;;+2. The molecule has 0 bridgehead atoms. The van der Waals surface area contributed by atoms with E-state index in [1.54, 1.807) is 0 Å². The molecule has 1 fully saturated rings. The first-order chi connectivity index (χ1) is 14.4. The van der Waals surface area contributed by atoms with Crippen molar-refractivity contribution in [2.75, 3.05) is 26.4 Å². The molecule has 0 saturated carbocycles. The molecule has 0 radical (unpaired) electrons. The maximum atomic E-state index is 4.94. The van der Waals surface area contributed by atoms with Crippen LogP contribution in [0.2, 0.25) is 0 Å². The predicted octanol–water partition coefficient (Wildman–Crippen LogP) is 4.60. The number of rotatable bonds is 3. The van der Waals surface area contributed by atoms with Gasteiger partial charge in [-0.3, -0.25) is 0 Å². The number of hydrogen-bond acceptors (Lipinski definition) is 2. The van der Waals surface area contributed by atoms with Crippen molar-refractivity contribution in [1.29, 1.82) is 0 Å². The van der Waals surface area contributed by atoms with Crippen LogP contribution < -0.4 is 15.9 Å². The van der Waals surface area contributed by atoms with Crippen LogP contribution in [0, 0.1) is 0 Å². The number of ether oxygens (including phenoxy) is 2. The van der Waals surface area contributed by atoms with Gasteiger partial charge < -0.3 is 9.47 Å². The van der Waals surface area contributed by atoms with Crippen molar-refractivity contribution in [2.45, 2.75) is 0 Å². The van der Waals surface area contributed by atoms with E-state index in [0.29, 0.717) is 0 Å². The Bertz CT molecular complexity index is 790. The summed E-state index contributed by atoms with van der Waals surface area (Å²) in [5.41, 5.74) is 0. The molecule has 30 heavy (non-hydrogen) atoms. The van der Waals surface area contributed by atoms with Gasteiger partial charge in [0, 0.05) is 0 Å². The van der Waals surface area contributed by atoms with Gasteiger partial charge in [0.25, 0.3) is 0 Å². The van der Waals surface area contributed by atoms with E-state index in [2.05, 4.69) is 84.9 Å². The van der Waals surface area contributed by atoms with Crippen molar-refractivity contribution in [1.82, 2.24) is 0 Å². The Morgan fingerprint density at radius 3 is 1.40 bits per heavy atom. The van der Waals surface area contributed by atoms with Gasteiger partial charge in [-0.1, -0.05) is 60.7 Å². The van der Waals surface area contributed by atoms with Crippen molar-refractivity contribution in [2.24, 2.45) is 0 Å². The summed E-state index contributed by atoms with van der Waals surface area (Å²) in [6.45, 7) is 3.11. The Kier molecular flexibility index (Phi) is 12.1. The molecule has 0 amide bonds. The van der Waals surface area contributed by atoms with Crippen LogP contribution in [0.15, 0.2) is 115 Å². The summed E-state index contributed by atoms with van der Waals surface area (Å²) in [5.74, 6) is 0. The fourth-order valence-corrected chi connectivity index (χ4v) is 5.18. The van der Waals surface area contributed by atoms with Crippen LogP contribution in [0.5, 0.6) is 0 Å². The van der Waals surface area contributed by atoms with Crippen LogP contribution in [-0.4, -0.2) is 26.4 Å². The molecule has 2 nitrogen and oxygen atoms in total. The third-order valence-electron chi connectivity index (χ3n) is 4.23. The smallest absolute Gasteiger partial charge is 0.377 e. The molecule has 0 spiro atoms. The molecule has 0 N–H and O–H groups in total. The Labute approximate surface area is 191 Å². The summed E-state index contributed by atoms with van der Waals surface area (Å²) in [7, 11) is -0.409. The normalized spacial score (nSPS) is 12.6. The fourth-order valence-electron chi connectivity index (χ4n) is 2.87. The van der Waals surface area contributed by atoms with Gasteiger partial charge in [-0.05, 0) is 18.5 Å². The molecule has 156 valence electrons. The molecule has 1 aliphatic heterocycles. The molecular formula is C26H27FeO2P. The first-order valence-corrected chi connectivity index (χ1v) is 11.2. The van der Waals surface area contributed by atoms with E-state index in [9.17, 15) is 0 Å². The van der Waals surface area contributed by atoms with Crippen LogP contribution in [0.25, 0.3) is 0 Å². The fraction of sp³-hybridized carbons (Fsp3) is 0.154. The van der Waals surface area contributed by atoms with Crippen molar-refractivity contribution >= 4 is 23.8 Å². The predicted molar refractivity (Wildman–Crippen MR) is 124 cm³/mol. The summed E-state index contributed by atoms with van der Waals surface area (Å²) >= 11 is 0. The summed E-state index contributed by atoms with van der Waals surface area (Å²) in [6, 6.07) is 40.2. The number of benzene rings is 2. The second-order valence-corrected chi connectivity index (χ2v) is 8.56. The summed E-state index contributed by atoms with van der Waals surface area (Å²) < 4.78 is 9.89. The SMILES string of the molecule is C1COCCO1.[Fe+2].c1cc[cH-]c1.c1ccc(P(c2ccccc2)c2ccc[cH-]2)cc1. The second-order valence-electron chi connectivity index (χ2n) is 6.34. The van der Waals surface area contributed by atoms with Crippen molar-refractivity contribution in [3.63, 3.8) is 0 Å². The van der Waals surface area contributed by atoms with Gasteiger partial charge in [-0.2, -0.15) is 30.3 Å². The summed E-state index contributed by atoms with van der Waals surface area (Å²) in [4.78, 5) is 0. The molecule has 4 aromatic rings. The zero-order valence-electron chi connectivity index (χ0n) is 16.9. The van der Waals surface area contributed by atoms with Gasteiger partial charge in [-0.15, -0.1) is 5.30 Å². The Morgan fingerprint density at radius 2 is 1.07 bits per heavy atom. The molecule has 4 aromatic carbocycles. The van der Waals surface area contributed by atoms with E-state index >= 15 is 0 Å². The van der Waals surface area contributed by atoms with Crippen LogP contribution >= 0.6 is 7.92 Å². The Morgan fingerprint density at radius 1 is 0.567 bits per heavy atom. The van der Waals surface area contributed by atoms with Crippen LogP contribution in [-0.2, 0) is 26.5 Å². The van der Waals surface area contributed by atoms with Crippen molar-refractivity contribution < 1.29 is 26.5 Å². The molecule has 0 aromatic heterocycles.